The van der Waals surface area contributed by atoms with Gasteiger partial charge in [-0.15, -0.1) is 0 Å². The van der Waals surface area contributed by atoms with E-state index < -0.39 is 11.5 Å². The van der Waals surface area contributed by atoms with Crippen LogP contribution in [0.2, 0.25) is 0 Å². The maximum absolute atomic E-state index is 12.2. The second kappa shape index (κ2) is 7.00. The van der Waals surface area contributed by atoms with Gasteiger partial charge in [-0.1, -0.05) is 34.1 Å². The number of benzene rings is 1. The lowest BCUT2D eigenvalue weighted by Gasteiger charge is -2.45. The van der Waals surface area contributed by atoms with E-state index in [0.717, 1.165) is 0 Å². The van der Waals surface area contributed by atoms with Gasteiger partial charge in [0.1, 0.15) is 5.60 Å². The molecule has 7 heteroatoms. The Kier molecular flexibility index (Phi) is 5.59. The Morgan fingerprint density at radius 3 is 2.42 bits per heavy atom. The smallest absolute Gasteiger partial charge is 0.410 e. The molecule has 1 aliphatic heterocycles. The van der Waals surface area contributed by atoms with E-state index in [4.69, 9.17) is 4.74 Å². The van der Waals surface area contributed by atoms with Crippen molar-refractivity contribution >= 4 is 22.0 Å². The number of carbonyl (C=O) groups excluding carboxylic acids is 1. The molecule has 1 amide bonds. The predicted octanol–water partition coefficient (Wildman–Crippen LogP) is 2.49. The van der Waals surface area contributed by atoms with Crippen LogP contribution in [0.25, 0.3) is 0 Å². The number of nitrogens with zero attached hydrogens (tertiary/aromatic N) is 2. The van der Waals surface area contributed by atoms with Gasteiger partial charge in [0.25, 0.3) is 5.91 Å². The molecule has 1 atom stereocenters. The van der Waals surface area contributed by atoms with Crippen LogP contribution in [0.4, 0.5) is 4.79 Å². The zero-order chi connectivity index (χ0) is 18.1. The first-order chi connectivity index (χ1) is 11.0. The van der Waals surface area contributed by atoms with Crippen molar-refractivity contribution < 1.29 is 19.7 Å². The van der Waals surface area contributed by atoms with Gasteiger partial charge in [-0.3, -0.25) is 0 Å². The lowest BCUT2D eigenvalue weighted by molar-refractivity contribution is -0.292. The van der Waals surface area contributed by atoms with E-state index in [1.165, 1.54) is 0 Å². The van der Waals surface area contributed by atoms with Crippen LogP contribution in [0.3, 0.4) is 0 Å². The molecule has 1 heterocycles. The second-order valence-electron chi connectivity index (χ2n) is 7.08. The van der Waals surface area contributed by atoms with Crippen molar-refractivity contribution in [2.24, 2.45) is 0 Å². The van der Waals surface area contributed by atoms with E-state index in [2.05, 4.69) is 15.9 Å². The first-order valence-electron chi connectivity index (χ1n) is 7.97. The minimum absolute atomic E-state index is 0.242. The van der Waals surface area contributed by atoms with Crippen LogP contribution in [-0.4, -0.2) is 57.4 Å². The highest BCUT2D eigenvalue weighted by molar-refractivity contribution is 9.10. The summed E-state index contributed by atoms with van der Waals surface area (Å²) in [5.41, 5.74) is -0.174. The van der Waals surface area contributed by atoms with Gasteiger partial charge in [0, 0.05) is 35.7 Å². The molecule has 0 spiro atoms. The molecular weight excluding hydrogens is 376 g/mol. The monoisotopic (exact) mass is 400 g/mol. The molecule has 1 aliphatic rings. The van der Waals surface area contributed by atoms with Gasteiger partial charge < -0.3 is 19.8 Å². The number of aliphatic hydroxyl groups is 2. The third-order valence-electron chi connectivity index (χ3n) is 3.91. The summed E-state index contributed by atoms with van der Waals surface area (Å²) in [5.74, 6) is -2.11. The first kappa shape index (κ1) is 19.2. The van der Waals surface area contributed by atoms with E-state index in [1.807, 2.05) is 33.8 Å². The standard InChI is InChI=1S/C17H25BrN2O4/c1-12-11-19(15(21)24-16(2,3)4)9-10-20(12)17(22,23)13-7-5-6-8-14(13)18/h5-8,12,22-23H,9-11H2,1-4H3/t12-/m1/s1. The number of ether oxygens (including phenoxy) is 1. The van der Waals surface area contributed by atoms with Crippen LogP contribution < -0.4 is 0 Å². The molecule has 6 nitrogen and oxygen atoms in total. The number of amides is 1. The maximum Gasteiger partial charge on any atom is 0.410 e. The van der Waals surface area contributed by atoms with Crippen LogP contribution in [0, 0.1) is 0 Å². The van der Waals surface area contributed by atoms with Crippen molar-refractivity contribution in [1.82, 2.24) is 9.80 Å². The van der Waals surface area contributed by atoms with Crippen molar-refractivity contribution in [3.63, 3.8) is 0 Å². The summed E-state index contributed by atoms with van der Waals surface area (Å²) in [5, 5.41) is 21.4. The molecule has 1 saturated heterocycles. The number of hydrogen-bond acceptors (Lipinski definition) is 5. The highest BCUT2D eigenvalue weighted by atomic mass is 79.9. The molecule has 24 heavy (non-hydrogen) atoms. The molecule has 0 unspecified atom stereocenters. The second-order valence-corrected chi connectivity index (χ2v) is 7.94. The number of carbonyl (C=O) groups is 1. The van der Waals surface area contributed by atoms with Crippen molar-refractivity contribution in [2.45, 2.75) is 45.2 Å². The van der Waals surface area contributed by atoms with E-state index in [9.17, 15) is 15.0 Å². The molecule has 2 N–H and O–H groups in total. The average molecular weight is 401 g/mol. The Morgan fingerprint density at radius 2 is 1.88 bits per heavy atom. The molecule has 134 valence electrons. The van der Waals surface area contributed by atoms with E-state index in [0.29, 0.717) is 29.7 Å². The average Bonchev–Trinajstić information content (AvgIpc) is 2.45. The first-order valence-corrected chi connectivity index (χ1v) is 8.76. The van der Waals surface area contributed by atoms with Crippen molar-refractivity contribution in [1.29, 1.82) is 0 Å². The normalized spacial score (nSPS) is 20.1. The zero-order valence-electron chi connectivity index (χ0n) is 14.5. The topological polar surface area (TPSA) is 73.2 Å². The van der Waals surface area contributed by atoms with Crippen LogP contribution in [0.15, 0.2) is 28.7 Å². The Labute approximate surface area is 151 Å². The van der Waals surface area contributed by atoms with Gasteiger partial charge >= 0.3 is 6.09 Å². The van der Waals surface area contributed by atoms with Gasteiger partial charge in [0.2, 0.25) is 0 Å². The molecule has 2 rings (SSSR count). The molecule has 1 aromatic carbocycles. The fraction of sp³-hybridized carbons (Fsp3) is 0.588. The summed E-state index contributed by atoms with van der Waals surface area (Å²) in [7, 11) is 0. The lowest BCUT2D eigenvalue weighted by atomic mass is 10.1. The van der Waals surface area contributed by atoms with Gasteiger partial charge in [-0.2, -0.15) is 0 Å². The van der Waals surface area contributed by atoms with Gasteiger partial charge in [-0.25, -0.2) is 9.69 Å². The van der Waals surface area contributed by atoms with Gasteiger partial charge in [0.05, 0.1) is 0 Å². The lowest BCUT2D eigenvalue weighted by Crippen LogP contribution is -2.61. The minimum atomic E-state index is -2.11. The van der Waals surface area contributed by atoms with E-state index >= 15 is 0 Å². The third kappa shape index (κ3) is 4.27. The summed E-state index contributed by atoms with van der Waals surface area (Å²) in [6.45, 7) is 8.38. The number of hydrogen-bond donors (Lipinski definition) is 2. The van der Waals surface area contributed by atoms with Crippen LogP contribution in [-0.2, 0) is 10.6 Å². The number of halogens is 1. The largest absolute Gasteiger partial charge is 0.444 e. The molecule has 1 fully saturated rings. The maximum atomic E-state index is 12.2. The molecule has 0 aliphatic carbocycles. The Morgan fingerprint density at radius 1 is 1.25 bits per heavy atom. The fourth-order valence-electron chi connectivity index (χ4n) is 2.80. The summed E-state index contributed by atoms with van der Waals surface area (Å²) in [4.78, 5) is 15.4. The summed E-state index contributed by atoms with van der Waals surface area (Å²) in [6.07, 6.45) is -0.378. The number of rotatable bonds is 2. The van der Waals surface area contributed by atoms with Crippen LogP contribution in [0.5, 0.6) is 0 Å². The fourth-order valence-corrected chi connectivity index (χ4v) is 3.35. The Hall–Kier alpha value is -1.15. The van der Waals surface area contributed by atoms with Crippen molar-refractivity contribution in [3.8, 4) is 0 Å². The van der Waals surface area contributed by atoms with Crippen molar-refractivity contribution in [3.05, 3.63) is 34.3 Å². The van der Waals surface area contributed by atoms with E-state index in [1.54, 1.807) is 28.0 Å². The van der Waals surface area contributed by atoms with Crippen LogP contribution in [0.1, 0.15) is 33.3 Å². The predicted molar refractivity (Wildman–Crippen MR) is 94.2 cm³/mol. The SMILES string of the molecule is C[C@@H]1CN(C(=O)OC(C)(C)C)CCN1C(O)(O)c1ccccc1Br. The minimum Gasteiger partial charge on any atom is -0.444 e. The zero-order valence-corrected chi connectivity index (χ0v) is 16.1. The third-order valence-corrected chi connectivity index (χ3v) is 4.61. The van der Waals surface area contributed by atoms with Crippen LogP contribution >= 0.6 is 15.9 Å². The van der Waals surface area contributed by atoms with Crippen molar-refractivity contribution in [2.75, 3.05) is 19.6 Å². The Bertz CT molecular complexity index is 600. The highest BCUT2D eigenvalue weighted by Crippen LogP contribution is 2.32. The number of piperazine rings is 1. The van der Waals surface area contributed by atoms with E-state index in [-0.39, 0.29) is 12.1 Å². The Balaban J connectivity index is 2.11. The summed E-state index contributed by atoms with van der Waals surface area (Å²) in [6, 6.07) is 6.75. The molecule has 0 bridgehead atoms. The van der Waals surface area contributed by atoms with Gasteiger partial charge in [-0.05, 0) is 33.8 Å². The highest BCUT2D eigenvalue weighted by Gasteiger charge is 2.42. The molecular formula is C17H25BrN2O4. The summed E-state index contributed by atoms with van der Waals surface area (Å²) >= 11 is 3.36. The van der Waals surface area contributed by atoms with Gasteiger partial charge in [0.15, 0.2) is 0 Å². The molecule has 0 aromatic heterocycles. The molecule has 1 aromatic rings. The molecule has 0 radical (unpaired) electrons. The molecule has 0 saturated carbocycles. The summed E-state index contributed by atoms with van der Waals surface area (Å²) < 4.78 is 6.01. The quantitative estimate of drug-likeness (QED) is 0.745.